The van der Waals surface area contributed by atoms with Gasteiger partial charge < -0.3 is 4.90 Å². The molecule has 1 nitrogen and oxygen atoms in total. The summed E-state index contributed by atoms with van der Waals surface area (Å²) in [6, 6.07) is 26.1. The standard InChI is InChI=1S/C22H16ClNS/c23-13-14-24-19-11-9-15-5-1-3-7-17(15)21(19)25-22-18-8-4-2-6-16(18)10-12-20(22)24/h1-12H,13-14H2. The van der Waals surface area contributed by atoms with E-state index in [2.05, 4.69) is 77.7 Å². The number of nitrogens with zero attached hydrogens (tertiary/aromatic N) is 1. The molecule has 0 radical (unpaired) electrons. The molecule has 0 amide bonds. The molecule has 0 spiro atoms. The molecule has 4 aromatic carbocycles. The van der Waals surface area contributed by atoms with E-state index in [-0.39, 0.29) is 0 Å². The lowest BCUT2D eigenvalue weighted by Gasteiger charge is -2.33. The number of benzene rings is 4. The normalized spacial score (nSPS) is 13.1. The molecule has 25 heavy (non-hydrogen) atoms. The van der Waals surface area contributed by atoms with Gasteiger partial charge in [0.05, 0.1) is 11.4 Å². The number of hydrogen-bond acceptors (Lipinski definition) is 2. The summed E-state index contributed by atoms with van der Waals surface area (Å²) < 4.78 is 0. The number of anilines is 2. The Balaban J connectivity index is 1.83. The summed E-state index contributed by atoms with van der Waals surface area (Å²) in [7, 11) is 0. The summed E-state index contributed by atoms with van der Waals surface area (Å²) in [6.07, 6.45) is 0. The first kappa shape index (κ1) is 15.1. The predicted octanol–water partition coefficient (Wildman–Crippen LogP) is 6.83. The van der Waals surface area contributed by atoms with Crippen LogP contribution in [0.4, 0.5) is 11.4 Å². The molecule has 1 aliphatic rings. The number of hydrogen-bond donors (Lipinski definition) is 0. The van der Waals surface area contributed by atoms with Gasteiger partial charge in [0.25, 0.3) is 0 Å². The molecule has 122 valence electrons. The Hall–Kier alpha value is -2.16. The summed E-state index contributed by atoms with van der Waals surface area (Å²) in [5.41, 5.74) is 2.51. The van der Waals surface area contributed by atoms with Crippen molar-refractivity contribution in [3.63, 3.8) is 0 Å². The van der Waals surface area contributed by atoms with Crippen LogP contribution in [0.2, 0.25) is 0 Å². The Kier molecular flexibility index (Phi) is 3.61. The second-order valence-electron chi connectivity index (χ2n) is 6.21. The summed E-state index contributed by atoms with van der Waals surface area (Å²) >= 11 is 8.04. The van der Waals surface area contributed by atoms with Crippen molar-refractivity contribution in [2.45, 2.75) is 9.79 Å². The molecule has 1 aliphatic heterocycles. The Morgan fingerprint density at radius 1 is 0.680 bits per heavy atom. The van der Waals surface area contributed by atoms with E-state index in [0.717, 1.165) is 6.54 Å². The molecular formula is C22H16ClNS. The van der Waals surface area contributed by atoms with Crippen LogP contribution < -0.4 is 4.90 Å². The number of alkyl halides is 1. The first-order valence-electron chi connectivity index (χ1n) is 8.42. The van der Waals surface area contributed by atoms with Crippen LogP contribution >= 0.6 is 23.4 Å². The topological polar surface area (TPSA) is 3.24 Å². The van der Waals surface area contributed by atoms with Crippen LogP contribution in [-0.4, -0.2) is 12.4 Å². The minimum atomic E-state index is 0.600. The third-order valence-electron chi connectivity index (χ3n) is 4.81. The first-order valence-corrected chi connectivity index (χ1v) is 9.77. The fourth-order valence-corrected chi connectivity index (χ4v) is 5.19. The summed E-state index contributed by atoms with van der Waals surface area (Å²) in [4.78, 5) is 5.02. The zero-order valence-corrected chi connectivity index (χ0v) is 15.1. The number of rotatable bonds is 2. The van der Waals surface area contributed by atoms with Crippen molar-refractivity contribution in [3.8, 4) is 0 Å². The molecule has 5 rings (SSSR count). The van der Waals surface area contributed by atoms with Gasteiger partial charge in [0.15, 0.2) is 0 Å². The molecule has 0 atom stereocenters. The van der Waals surface area contributed by atoms with E-state index in [9.17, 15) is 0 Å². The Morgan fingerprint density at radius 3 is 1.72 bits per heavy atom. The van der Waals surface area contributed by atoms with Crippen LogP contribution in [0.15, 0.2) is 82.6 Å². The van der Waals surface area contributed by atoms with Gasteiger partial charge in [-0.3, -0.25) is 0 Å². The lowest BCUT2D eigenvalue weighted by molar-refractivity contribution is 0.994. The van der Waals surface area contributed by atoms with Crippen molar-refractivity contribution in [1.82, 2.24) is 0 Å². The third-order valence-corrected chi connectivity index (χ3v) is 6.25. The zero-order chi connectivity index (χ0) is 16.8. The quantitative estimate of drug-likeness (QED) is 0.360. The Morgan fingerprint density at radius 2 is 1.20 bits per heavy atom. The van der Waals surface area contributed by atoms with Crippen molar-refractivity contribution in [2.75, 3.05) is 17.3 Å². The fourth-order valence-electron chi connectivity index (χ4n) is 3.66. The SMILES string of the molecule is ClCCN1c2ccc3ccccc3c2Sc2c1ccc1ccccc21. The molecule has 0 unspecified atom stereocenters. The van der Waals surface area contributed by atoms with Crippen LogP contribution in [0.3, 0.4) is 0 Å². The molecule has 0 aromatic heterocycles. The van der Waals surface area contributed by atoms with Crippen LogP contribution in [0.25, 0.3) is 21.5 Å². The smallest absolute Gasteiger partial charge is 0.0559 e. The molecule has 0 aliphatic carbocycles. The van der Waals surface area contributed by atoms with Gasteiger partial charge in [-0.25, -0.2) is 0 Å². The maximum Gasteiger partial charge on any atom is 0.0559 e. The monoisotopic (exact) mass is 361 g/mol. The van der Waals surface area contributed by atoms with E-state index in [1.807, 2.05) is 11.8 Å². The minimum absolute atomic E-state index is 0.600. The lowest BCUT2D eigenvalue weighted by atomic mass is 10.1. The summed E-state index contributed by atoms with van der Waals surface area (Å²) in [6.45, 7) is 0.804. The van der Waals surface area contributed by atoms with Gasteiger partial charge in [0.2, 0.25) is 0 Å². The molecule has 0 saturated carbocycles. The average Bonchev–Trinajstić information content (AvgIpc) is 2.67. The maximum atomic E-state index is 6.16. The van der Waals surface area contributed by atoms with E-state index < -0.39 is 0 Å². The van der Waals surface area contributed by atoms with Crippen molar-refractivity contribution in [3.05, 3.63) is 72.8 Å². The minimum Gasteiger partial charge on any atom is -0.338 e. The highest BCUT2D eigenvalue weighted by Gasteiger charge is 2.26. The van der Waals surface area contributed by atoms with Crippen LogP contribution in [0.1, 0.15) is 0 Å². The third kappa shape index (κ3) is 2.32. The van der Waals surface area contributed by atoms with Gasteiger partial charge in [0.1, 0.15) is 0 Å². The Labute approximate surface area is 156 Å². The number of halogens is 1. The highest BCUT2D eigenvalue weighted by molar-refractivity contribution is 8.00. The van der Waals surface area contributed by atoms with E-state index in [1.165, 1.54) is 42.7 Å². The van der Waals surface area contributed by atoms with Gasteiger partial charge in [-0.15, -0.1) is 11.6 Å². The zero-order valence-electron chi connectivity index (χ0n) is 13.6. The highest BCUT2D eigenvalue weighted by atomic mass is 35.5. The fraction of sp³-hybridized carbons (Fsp3) is 0.0909. The maximum absolute atomic E-state index is 6.16. The molecule has 0 N–H and O–H groups in total. The molecule has 3 heteroatoms. The van der Waals surface area contributed by atoms with Crippen molar-refractivity contribution in [2.24, 2.45) is 0 Å². The summed E-state index contributed by atoms with van der Waals surface area (Å²) in [5.74, 6) is 0.600. The average molecular weight is 362 g/mol. The second-order valence-corrected chi connectivity index (χ2v) is 7.61. The van der Waals surface area contributed by atoms with Crippen molar-refractivity contribution >= 4 is 56.3 Å². The van der Waals surface area contributed by atoms with Crippen molar-refractivity contribution in [1.29, 1.82) is 0 Å². The van der Waals surface area contributed by atoms with Crippen LogP contribution in [0.5, 0.6) is 0 Å². The van der Waals surface area contributed by atoms with Crippen LogP contribution in [-0.2, 0) is 0 Å². The van der Waals surface area contributed by atoms with Gasteiger partial charge >= 0.3 is 0 Å². The number of fused-ring (bicyclic) bond motifs is 6. The molecule has 0 saturated heterocycles. The summed E-state index contributed by atoms with van der Waals surface area (Å²) in [5, 5.41) is 5.18. The van der Waals surface area contributed by atoms with Gasteiger partial charge in [-0.2, -0.15) is 0 Å². The molecular weight excluding hydrogens is 346 g/mol. The largest absolute Gasteiger partial charge is 0.338 e. The molecule has 4 aromatic rings. The van der Waals surface area contributed by atoms with E-state index in [0.29, 0.717) is 5.88 Å². The predicted molar refractivity (Wildman–Crippen MR) is 110 cm³/mol. The highest BCUT2D eigenvalue weighted by Crippen LogP contribution is 2.52. The molecule has 0 bridgehead atoms. The lowest BCUT2D eigenvalue weighted by Crippen LogP contribution is -2.23. The van der Waals surface area contributed by atoms with Gasteiger partial charge in [-0.05, 0) is 33.7 Å². The molecule has 0 fully saturated rings. The Bertz CT molecular complexity index is 1020. The first-order chi connectivity index (χ1) is 12.4. The van der Waals surface area contributed by atoms with Gasteiger partial charge in [-0.1, -0.05) is 72.4 Å². The van der Waals surface area contributed by atoms with E-state index in [1.54, 1.807) is 0 Å². The van der Waals surface area contributed by atoms with Crippen molar-refractivity contribution < 1.29 is 0 Å². The second kappa shape index (κ2) is 5.98. The van der Waals surface area contributed by atoms with Crippen LogP contribution in [0, 0.1) is 0 Å². The van der Waals surface area contributed by atoms with Gasteiger partial charge in [0, 0.05) is 22.2 Å². The van der Waals surface area contributed by atoms with E-state index >= 15 is 0 Å². The molecule has 1 heterocycles. The van der Waals surface area contributed by atoms with E-state index in [4.69, 9.17) is 11.6 Å².